The highest BCUT2D eigenvalue weighted by atomic mass is 35.5. The molecule has 1 atom stereocenters. The number of hydrogen-bond donors (Lipinski definition) is 3. The fourth-order valence-electron chi connectivity index (χ4n) is 2.79. The number of rotatable bonds is 7. The van der Waals surface area contributed by atoms with Crippen LogP contribution in [-0.4, -0.2) is 33.9 Å². The zero-order chi connectivity index (χ0) is 24.0. The maximum Gasteiger partial charge on any atom is 0.240 e. The lowest BCUT2D eigenvalue weighted by molar-refractivity contribution is -0.122. The fourth-order valence-corrected chi connectivity index (χ4v) is 3.83. The predicted molar refractivity (Wildman–Crippen MR) is 134 cm³/mol. The molecule has 2 aromatic rings. The topological polar surface area (TPSA) is 112 Å². The highest BCUT2D eigenvalue weighted by Gasteiger charge is 2.32. The summed E-state index contributed by atoms with van der Waals surface area (Å²) in [7, 11) is 0. The summed E-state index contributed by atoms with van der Waals surface area (Å²) in [4.78, 5) is 36.4. The van der Waals surface area contributed by atoms with Gasteiger partial charge in [0.2, 0.25) is 17.7 Å². The van der Waals surface area contributed by atoms with Gasteiger partial charge in [-0.15, -0.1) is 5.10 Å². The second-order valence-electron chi connectivity index (χ2n) is 7.67. The monoisotopic (exact) mass is 485 g/mol. The van der Waals surface area contributed by atoms with Crippen molar-refractivity contribution in [2.24, 2.45) is 16.1 Å². The number of anilines is 2. The van der Waals surface area contributed by atoms with E-state index in [9.17, 15) is 14.4 Å². The van der Waals surface area contributed by atoms with Crippen molar-refractivity contribution in [3.05, 3.63) is 59.1 Å². The Morgan fingerprint density at radius 2 is 1.85 bits per heavy atom. The minimum atomic E-state index is -0.596. The Kier molecular flexibility index (Phi) is 8.24. The van der Waals surface area contributed by atoms with Gasteiger partial charge in [-0.3, -0.25) is 14.4 Å². The molecule has 2 aromatic carbocycles. The van der Waals surface area contributed by atoms with Crippen LogP contribution < -0.4 is 16.0 Å². The summed E-state index contributed by atoms with van der Waals surface area (Å²) in [6, 6.07) is 14.0. The first-order valence-corrected chi connectivity index (χ1v) is 11.5. The van der Waals surface area contributed by atoms with E-state index in [-0.39, 0.29) is 30.1 Å². The van der Waals surface area contributed by atoms with Crippen LogP contribution in [0.1, 0.15) is 32.8 Å². The maximum absolute atomic E-state index is 12.3. The van der Waals surface area contributed by atoms with Gasteiger partial charge in [0, 0.05) is 28.7 Å². The first kappa shape index (κ1) is 24.5. The summed E-state index contributed by atoms with van der Waals surface area (Å²) in [5.74, 6) is -0.778. The molecule has 33 heavy (non-hydrogen) atoms. The summed E-state index contributed by atoms with van der Waals surface area (Å²) in [6.45, 7) is 5.43. The lowest BCUT2D eigenvalue weighted by Gasteiger charge is -2.09. The van der Waals surface area contributed by atoms with Crippen molar-refractivity contribution in [1.82, 2.24) is 5.32 Å². The third kappa shape index (κ3) is 7.16. The smallest absolute Gasteiger partial charge is 0.240 e. The van der Waals surface area contributed by atoms with Gasteiger partial charge in [0.25, 0.3) is 0 Å². The van der Waals surface area contributed by atoms with E-state index < -0.39 is 5.25 Å². The van der Waals surface area contributed by atoms with E-state index in [1.54, 1.807) is 37.3 Å². The lowest BCUT2D eigenvalue weighted by atomic mass is 10.1. The molecule has 1 aliphatic rings. The summed E-state index contributed by atoms with van der Waals surface area (Å²) in [5.41, 5.74) is 2.67. The molecule has 1 unspecified atom stereocenters. The number of nitrogens with one attached hydrogen (secondary N) is 3. The number of nitrogens with zero attached hydrogens (tertiary/aromatic N) is 2. The van der Waals surface area contributed by atoms with Crippen LogP contribution in [0.5, 0.6) is 0 Å². The predicted octanol–water partition coefficient (Wildman–Crippen LogP) is 4.27. The van der Waals surface area contributed by atoms with E-state index in [4.69, 9.17) is 11.6 Å². The van der Waals surface area contributed by atoms with Crippen molar-refractivity contribution in [2.45, 2.75) is 32.4 Å². The van der Waals surface area contributed by atoms with Gasteiger partial charge in [-0.2, -0.15) is 5.10 Å². The third-order valence-corrected chi connectivity index (χ3v) is 5.96. The van der Waals surface area contributed by atoms with Crippen LogP contribution in [0.15, 0.2) is 58.7 Å². The largest absolute Gasteiger partial charge is 0.326 e. The van der Waals surface area contributed by atoms with E-state index in [0.29, 0.717) is 27.3 Å². The molecular formula is C23H24ClN5O3S. The summed E-state index contributed by atoms with van der Waals surface area (Å²) in [6.07, 6.45) is -0.00155. The molecule has 10 heteroatoms. The zero-order valence-electron chi connectivity index (χ0n) is 18.4. The Morgan fingerprint density at radius 3 is 2.55 bits per heavy atom. The van der Waals surface area contributed by atoms with Crippen molar-refractivity contribution in [3.8, 4) is 0 Å². The van der Waals surface area contributed by atoms with Gasteiger partial charge in [0.05, 0.1) is 5.71 Å². The molecule has 1 saturated heterocycles. The first-order chi connectivity index (χ1) is 15.7. The standard InChI is InChI=1S/C23H24ClN5O3S/c1-13(2)21(31)26-18-6-4-5-15(11-18)14(3)28-29-23-27-22(32)19(33-23)12-20(30)25-17-9-7-16(24)8-10-17/h4-11,13,19H,12H2,1-3H3,(H,25,30)(H,26,31)(H,27,29,32)/b28-14+. The average Bonchev–Trinajstić information content (AvgIpc) is 3.12. The Labute approximate surface area is 201 Å². The molecule has 0 aliphatic carbocycles. The molecule has 3 rings (SSSR count). The number of halogens is 1. The number of amidine groups is 1. The van der Waals surface area contributed by atoms with Crippen molar-refractivity contribution < 1.29 is 14.4 Å². The molecule has 3 amide bonds. The Bertz CT molecular complexity index is 1120. The van der Waals surface area contributed by atoms with Crippen molar-refractivity contribution in [2.75, 3.05) is 10.6 Å². The van der Waals surface area contributed by atoms with Crippen LogP contribution in [0.3, 0.4) is 0 Å². The molecule has 0 aromatic heterocycles. The minimum absolute atomic E-state index is 0.00155. The number of hydrogen-bond acceptors (Lipinski definition) is 6. The summed E-state index contributed by atoms with van der Waals surface area (Å²) in [5, 5.41) is 16.9. The highest BCUT2D eigenvalue weighted by Crippen LogP contribution is 2.23. The highest BCUT2D eigenvalue weighted by molar-refractivity contribution is 8.15. The molecule has 0 bridgehead atoms. The zero-order valence-corrected chi connectivity index (χ0v) is 20.0. The van der Waals surface area contributed by atoms with Gasteiger partial charge in [-0.05, 0) is 48.9 Å². The van der Waals surface area contributed by atoms with Gasteiger partial charge < -0.3 is 16.0 Å². The second-order valence-corrected chi connectivity index (χ2v) is 9.30. The average molecular weight is 486 g/mol. The fraction of sp³-hybridized carbons (Fsp3) is 0.261. The maximum atomic E-state index is 12.3. The van der Waals surface area contributed by atoms with Crippen molar-refractivity contribution in [3.63, 3.8) is 0 Å². The second kappa shape index (κ2) is 11.1. The SMILES string of the molecule is C/C(=N\N=C1/NC(=O)C(CC(=O)Nc2ccc(Cl)cc2)S1)c1cccc(NC(=O)C(C)C)c1. The van der Waals surface area contributed by atoms with Crippen LogP contribution in [0.2, 0.25) is 5.02 Å². The number of amides is 3. The van der Waals surface area contributed by atoms with Crippen LogP contribution >= 0.6 is 23.4 Å². The molecule has 0 saturated carbocycles. The lowest BCUT2D eigenvalue weighted by Crippen LogP contribution is -2.28. The Balaban J connectivity index is 1.60. The van der Waals surface area contributed by atoms with Gasteiger partial charge in [-0.1, -0.05) is 49.3 Å². The number of benzene rings is 2. The van der Waals surface area contributed by atoms with Gasteiger partial charge >= 0.3 is 0 Å². The summed E-state index contributed by atoms with van der Waals surface area (Å²) < 4.78 is 0. The molecule has 3 N–H and O–H groups in total. The van der Waals surface area contributed by atoms with Crippen molar-refractivity contribution in [1.29, 1.82) is 0 Å². The molecule has 0 radical (unpaired) electrons. The van der Waals surface area contributed by atoms with E-state index in [0.717, 1.165) is 17.3 Å². The van der Waals surface area contributed by atoms with Gasteiger partial charge in [-0.25, -0.2) is 0 Å². The first-order valence-electron chi connectivity index (χ1n) is 10.3. The Morgan fingerprint density at radius 1 is 1.12 bits per heavy atom. The molecule has 1 heterocycles. The number of carbonyl (C=O) groups excluding carboxylic acids is 3. The van der Waals surface area contributed by atoms with Crippen molar-refractivity contribution >= 4 is 63.3 Å². The molecule has 8 nitrogen and oxygen atoms in total. The Hall–Kier alpha value is -3.17. The van der Waals surface area contributed by atoms with E-state index >= 15 is 0 Å². The summed E-state index contributed by atoms with van der Waals surface area (Å²) >= 11 is 7.00. The molecule has 1 fully saturated rings. The van der Waals surface area contributed by atoms with E-state index in [1.165, 1.54) is 0 Å². The van der Waals surface area contributed by atoms with Crippen LogP contribution in [0.4, 0.5) is 11.4 Å². The van der Waals surface area contributed by atoms with Gasteiger partial charge in [0.15, 0.2) is 5.17 Å². The van der Waals surface area contributed by atoms with E-state index in [2.05, 4.69) is 26.2 Å². The quantitative estimate of drug-likeness (QED) is 0.401. The molecule has 172 valence electrons. The van der Waals surface area contributed by atoms with E-state index in [1.807, 2.05) is 32.0 Å². The van der Waals surface area contributed by atoms with Crippen LogP contribution in [-0.2, 0) is 14.4 Å². The molecule has 1 aliphatic heterocycles. The minimum Gasteiger partial charge on any atom is -0.326 e. The normalized spacial score (nSPS) is 17.2. The van der Waals surface area contributed by atoms with Crippen LogP contribution in [0.25, 0.3) is 0 Å². The third-order valence-electron chi connectivity index (χ3n) is 4.64. The number of carbonyl (C=O) groups is 3. The van der Waals surface area contributed by atoms with Gasteiger partial charge in [0.1, 0.15) is 5.25 Å². The molecular weight excluding hydrogens is 462 g/mol. The van der Waals surface area contributed by atoms with Crippen LogP contribution in [0, 0.1) is 5.92 Å². The number of thioether (sulfide) groups is 1. The molecule has 0 spiro atoms.